The lowest BCUT2D eigenvalue weighted by molar-refractivity contribution is -0.305. The first-order chi connectivity index (χ1) is 38.7. The fourth-order valence-electron chi connectivity index (χ4n) is 10.4. The minimum atomic E-state index is -1.61. The summed E-state index contributed by atoms with van der Waals surface area (Å²) in [6.45, 7) is 5.77. The molecule has 0 spiro atoms. The molecule has 8 unspecified atom stereocenters. The van der Waals surface area contributed by atoms with Gasteiger partial charge in [0.1, 0.15) is 24.4 Å². The zero-order valence-electron chi connectivity index (χ0n) is 51.2. The molecule has 0 radical (unpaired) electrons. The van der Waals surface area contributed by atoms with Gasteiger partial charge in [-0.15, -0.1) is 0 Å². The number of allylic oxidation sites excluding steroid dienone is 7. The molecule has 0 aliphatic carbocycles. The van der Waals surface area contributed by atoms with Crippen molar-refractivity contribution in [3.63, 3.8) is 0 Å². The van der Waals surface area contributed by atoms with Gasteiger partial charge < -0.3 is 45.1 Å². The van der Waals surface area contributed by atoms with Crippen LogP contribution in [0.3, 0.4) is 0 Å². The Morgan fingerprint density at radius 1 is 0.494 bits per heavy atom. The Kier molecular flexibility index (Phi) is 53.0. The molecule has 79 heavy (non-hydrogen) atoms. The molecule has 1 amide bonds. The zero-order chi connectivity index (χ0) is 57.5. The largest absolute Gasteiger partial charge is 0.454 e. The van der Waals surface area contributed by atoms with Crippen LogP contribution < -0.4 is 5.32 Å². The molecule has 0 aromatic heterocycles. The lowest BCUT2D eigenvalue weighted by Crippen LogP contribution is -2.61. The number of ether oxygens (including phenoxy) is 3. The standard InChI is InChI=1S/C68H125NO10/c1-4-7-10-13-16-19-22-24-26-28-29-30-31-32-33-34-36-38-41-44-47-50-53-56-63(73)79-66-65(75)64(74)62(57-70)78-68(66)77-58-59(60(71)54-51-48-45-42-39-21-18-15-12-9-6-3)69-67(76)61(72)55-52-49-46-43-40-37-35-27-25-23-20-17-14-11-8-5-2/h17,20,24-27,51,54,59-62,64-66,68,70-72,74-75H,4-16,18-19,21-23,28-50,52-53,55-58H2,1-3H3,(H,69,76)/b20-17-,26-24+,27-25-,54-51+. The molecule has 6 N–H and O–H groups in total. The molecule has 1 aliphatic rings. The van der Waals surface area contributed by atoms with Gasteiger partial charge in [-0.25, -0.2) is 0 Å². The Balaban J connectivity index is 2.59. The SMILES string of the molecule is CCCCC/C=C\C/C=C\CCCCCCCCC(O)C(=O)NC(COC1OC(CO)C(O)C(O)C1OC(=O)CCCCCCCCCCCCCCC/C=C/CCCCCCCC)C(O)/C=C/CCCCCCCCCCC. The number of carbonyl (C=O) groups excluding carboxylic acids is 2. The summed E-state index contributed by atoms with van der Waals surface area (Å²) >= 11 is 0. The number of hydrogen-bond acceptors (Lipinski definition) is 10. The van der Waals surface area contributed by atoms with E-state index < -0.39 is 67.4 Å². The maximum Gasteiger partial charge on any atom is 0.306 e. The topological polar surface area (TPSA) is 175 Å². The second kappa shape index (κ2) is 56.1. The van der Waals surface area contributed by atoms with E-state index >= 15 is 0 Å². The van der Waals surface area contributed by atoms with Crippen molar-refractivity contribution in [3.8, 4) is 0 Å². The van der Waals surface area contributed by atoms with Crippen molar-refractivity contribution in [2.24, 2.45) is 0 Å². The zero-order valence-corrected chi connectivity index (χ0v) is 51.2. The summed E-state index contributed by atoms with van der Waals surface area (Å²) in [5.41, 5.74) is 0. The predicted octanol–water partition coefficient (Wildman–Crippen LogP) is 16.4. The summed E-state index contributed by atoms with van der Waals surface area (Å²) < 4.78 is 17.7. The van der Waals surface area contributed by atoms with Crippen LogP contribution in [0, 0.1) is 0 Å². The van der Waals surface area contributed by atoms with Crippen LogP contribution in [-0.4, -0.2) is 99.6 Å². The van der Waals surface area contributed by atoms with E-state index in [9.17, 15) is 35.1 Å². The van der Waals surface area contributed by atoms with Crippen molar-refractivity contribution in [2.75, 3.05) is 13.2 Å². The van der Waals surface area contributed by atoms with Crippen LogP contribution in [0.4, 0.5) is 0 Å². The van der Waals surface area contributed by atoms with Crippen molar-refractivity contribution in [3.05, 3.63) is 48.6 Å². The van der Waals surface area contributed by atoms with Crippen LogP contribution >= 0.6 is 0 Å². The summed E-state index contributed by atoms with van der Waals surface area (Å²) in [5.74, 6) is -1.19. The molecule has 1 rings (SSSR count). The minimum absolute atomic E-state index is 0.124. The van der Waals surface area contributed by atoms with Gasteiger partial charge in [-0.1, -0.05) is 268 Å². The van der Waals surface area contributed by atoms with E-state index in [1.165, 1.54) is 180 Å². The number of nitrogens with one attached hydrogen (secondary N) is 1. The van der Waals surface area contributed by atoms with E-state index in [0.29, 0.717) is 12.8 Å². The van der Waals surface area contributed by atoms with Crippen molar-refractivity contribution in [1.82, 2.24) is 5.32 Å². The third kappa shape index (κ3) is 43.9. The van der Waals surface area contributed by atoms with Crippen molar-refractivity contribution >= 4 is 11.9 Å². The van der Waals surface area contributed by atoms with E-state index in [1.807, 2.05) is 6.08 Å². The summed E-state index contributed by atoms with van der Waals surface area (Å²) in [4.78, 5) is 26.6. The quantitative estimate of drug-likeness (QED) is 0.0195. The first kappa shape index (κ1) is 74.6. The smallest absolute Gasteiger partial charge is 0.306 e. The molecule has 11 heteroatoms. The molecule has 0 aromatic carbocycles. The van der Waals surface area contributed by atoms with E-state index in [1.54, 1.807) is 6.08 Å². The van der Waals surface area contributed by atoms with Gasteiger partial charge >= 0.3 is 5.97 Å². The highest BCUT2D eigenvalue weighted by Gasteiger charge is 2.47. The van der Waals surface area contributed by atoms with Gasteiger partial charge in [0.2, 0.25) is 5.91 Å². The first-order valence-corrected chi connectivity index (χ1v) is 33.4. The Bertz CT molecular complexity index is 1470. The van der Waals surface area contributed by atoms with Gasteiger partial charge in [0.25, 0.3) is 0 Å². The molecule has 1 heterocycles. The monoisotopic (exact) mass is 1120 g/mol. The van der Waals surface area contributed by atoms with Gasteiger partial charge in [-0.05, 0) is 83.5 Å². The third-order valence-electron chi connectivity index (χ3n) is 15.7. The van der Waals surface area contributed by atoms with Gasteiger partial charge in [0, 0.05) is 6.42 Å². The molecule has 1 aliphatic heterocycles. The molecular formula is C68H125NO10. The Labute approximate surface area is 485 Å². The fourth-order valence-corrected chi connectivity index (χ4v) is 10.4. The van der Waals surface area contributed by atoms with Crippen LogP contribution in [-0.2, 0) is 23.8 Å². The van der Waals surface area contributed by atoms with Gasteiger partial charge in [-0.3, -0.25) is 9.59 Å². The lowest BCUT2D eigenvalue weighted by Gasteiger charge is -2.41. The second-order valence-electron chi connectivity index (χ2n) is 23.2. The Hall–Kier alpha value is -2.38. The van der Waals surface area contributed by atoms with Gasteiger partial charge in [0.05, 0.1) is 25.4 Å². The number of carbonyl (C=O) groups is 2. The summed E-state index contributed by atoms with van der Waals surface area (Å²) in [7, 11) is 0. The molecular weight excluding hydrogens is 991 g/mol. The second-order valence-corrected chi connectivity index (χ2v) is 23.2. The fraction of sp³-hybridized carbons (Fsp3) is 0.853. The number of aliphatic hydroxyl groups is 5. The Morgan fingerprint density at radius 2 is 0.873 bits per heavy atom. The normalized spacial score (nSPS) is 19.1. The minimum Gasteiger partial charge on any atom is -0.454 e. The molecule has 1 saturated heterocycles. The van der Waals surface area contributed by atoms with Crippen LogP contribution in [0.1, 0.15) is 310 Å². The lowest BCUT2D eigenvalue weighted by atomic mass is 9.99. The number of aliphatic hydroxyl groups excluding tert-OH is 5. The highest BCUT2D eigenvalue weighted by Crippen LogP contribution is 2.26. The Morgan fingerprint density at radius 3 is 1.33 bits per heavy atom. The number of hydrogen-bond donors (Lipinski definition) is 6. The van der Waals surface area contributed by atoms with E-state index in [2.05, 4.69) is 62.5 Å². The van der Waals surface area contributed by atoms with Crippen LogP contribution in [0.15, 0.2) is 48.6 Å². The first-order valence-electron chi connectivity index (χ1n) is 33.4. The summed E-state index contributed by atoms with van der Waals surface area (Å²) in [5, 5.41) is 57.0. The molecule has 11 nitrogen and oxygen atoms in total. The van der Waals surface area contributed by atoms with Crippen molar-refractivity contribution in [1.29, 1.82) is 0 Å². The summed E-state index contributed by atoms with van der Waals surface area (Å²) in [6, 6.07) is -1.03. The van der Waals surface area contributed by atoms with Crippen LogP contribution in [0.2, 0.25) is 0 Å². The average molecular weight is 1120 g/mol. The van der Waals surface area contributed by atoms with Crippen molar-refractivity contribution in [2.45, 2.75) is 359 Å². The predicted molar refractivity (Wildman–Crippen MR) is 329 cm³/mol. The third-order valence-corrected chi connectivity index (χ3v) is 15.7. The van der Waals surface area contributed by atoms with Crippen LogP contribution in [0.25, 0.3) is 0 Å². The molecule has 0 aromatic rings. The van der Waals surface area contributed by atoms with Crippen molar-refractivity contribution < 1.29 is 49.3 Å². The average Bonchev–Trinajstić information content (AvgIpc) is 3.45. The van der Waals surface area contributed by atoms with Crippen LogP contribution in [0.5, 0.6) is 0 Å². The maximum atomic E-state index is 13.4. The maximum absolute atomic E-state index is 13.4. The number of esters is 1. The molecule has 8 atom stereocenters. The van der Waals surface area contributed by atoms with Gasteiger partial charge in [-0.2, -0.15) is 0 Å². The number of rotatable bonds is 57. The van der Waals surface area contributed by atoms with E-state index in [-0.39, 0.29) is 19.4 Å². The van der Waals surface area contributed by atoms with E-state index in [0.717, 1.165) is 83.5 Å². The molecule has 1 fully saturated rings. The highest BCUT2D eigenvalue weighted by atomic mass is 16.7. The number of unbranched alkanes of at least 4 members (excludes halogenated alkanes) is 37. The molecule has 0 bridgehead atoms. The van der Waals surface area contributed by atoms with E-state index in [4.69, 9.17) is 14.2 Å². The van der Waals surface area contributed by atoms with Gasteiger partial charge in [0.15, 0.2) is 12.4 Å². The highest BCUT2D eigenvalue weighted by molar-refractivity contribution is 5.80. The molecule has 462 valence electrons. The number of amides is 1. The summed E-state index contributed by atoms with van der Waals surface area (Å²) in [6.07, 6.45) is 58.7. The molecule has 0 saturated carbocycles.